The van der Waals surface area contributed by atoms with E-state index in [4.69, 9.17) is 11.5 Å². The summed E-state index contributed by atoms with van der Waals surface area (Å²) in [5.41, 5.74) is 10.2. The van der Waals surface area contributed by atoms with Crippen molar-refractivity contribution in [3.63, 3.8) is 0 Å². The molecular formula is C11H18N4O3. The van der Waals surface area contributed by atoms with E-state index in [9.17, 15) is 9.59 Å². The minimum atomic E-state index is -1.06. The van der Waals surface area contributed by atoms with Gasteiger partial charge >= 0.3 is 5.97 Å². The third kappa shape index (κ3) is 2.03. The number of rotatable bonds is 4. The molecule has 100 valence electrons. The summed E-state index contributed by atoms with van der Waals surface area (Å²) in [7, 11) is 1.24. The van der Waals surface area contributed by atoms with Crippen molar-refractivity contribution in [1.29, 1.82) is 0 Å². The van der Waals surface area contributed by atoms with Gasteiger partial charge in [0.1, 0.15) is 17.2 Å². The summed E-state index contributed by atoms with van der Waals surface area (Å²) in [5, 5.41) is 0. The van der Waals surface area contributed by atoms with Crippen LogP contribution in [0.1, 0.15) is 37.1 Å². The van der Waals surface area contributed by atoms with E-state index in [1.165, 1.54) is 11.7 Å². The Labute approximate surface area is 105 Å². The summed E-state index contributed by atoms with van der Waals surface area (Å²) >= 11 is 0. The molecule has 4 N–H and O–H groups in total. The maximum absolute atomic E-state index is 11.5. The molecule has 0 aliphatic carbocycles. The van der Waals surface area contributed by atoms with Crippen molar-refractivity contribution < 1.29 is 14.3 Å². The number of carbonyl (C=O) groups excluding carboxylic acids is 2. The number of hydrogen-bond donors (Lipinski definition) is 2. The van der Waals surface area contributed by atoms with E-state index < -0.39 is 17.4 Å². The first-order chi connectivity index (χ1) is 8.27. The second-order valence-electron chi connectivity index (χ2n) is 4.37. The molecule has 1 aromatic rings. The van der Waals surface area contributed by atoms with Crippen molar-refractivity contribution in [2.24, 2.45) is 5.73 Å². The average Bonchev–Trinajstić information content (AvgIpc) is 2.65. The zero-order chi connectivity index (χ0) is 14.1. The fourth-order valence-corrected chi connectivity index (χ4v) is 1.70. The minimum absolute atomic E-state index is 0.00340. The maximum Gasteiger partial charge on any atom is 0.360 e. The molecule has 0 radical (unpaired) electrons. The quantitative estimate of drug-likeness (QED) is 0.736. The van der Waals surface area contributed by atoms with E-state index in [0.717, 1.165) is 0 Å². The fraction of sp³-hybridized carbons (Fsp3) is 0.545. The second kappa shape index (κ2) is 4.67. The number of ether oxygens (including phenoxy) is 1. The topological polar surface area (TPSA) is 113 Å². The lowest BCUT2D eigenvalue weighted by Gasteiger charge is -2.25. The van der Waals surface area contributed by atoms with Gasteiger partial charge in [-0.2, -0.15) is 0 Å². The summed E-state index contributed by atoms with van der Waals surface area (Å²) in [4.78, 5) is 27.1. The number of primary amides is 1. The Balaban J connectivity index is 3.49. The number of methoxy groups -OCH3 is 1. The van der Waals surface area contributed by atoms with Crippen LogP contribution in [0.2, 0.25) is 0 Å². The molecule has 1 heterocycles. The number of hydrogen-bond acceptors (Lipinski definition) is 5. The number of amides is 1. The summed E-state index contributed by atoms with van der Waals surface area (Å²) in [6, 6.07) is 0. The molecule has 1 aromatic heterocycles. The third-order valence-corrected chi connectivity index (χ3v) is 2.84. The molecule has 0 saturated carbocycles. The lowest BCUT2D eigenvalue weighted by molar-refractivity contribution is -0.125. The van der Waals surface area contributed by atoms with Crippen molar-refractivity contribution in [2.75, 3.05) is 12.8 Å². The van der Waals surface area contributed by atoms with Crippen molar-refractivity contribution >= 4 is 17.7 Å². The van der Waals surface area contributed by atoms with Crippen molar-refractivity contribution in [3.05, 3.63) is 11.5 Å². The van der Waals surface area contributed by atoms with E-state index in [-0.39, 0.29) is 11.5 Å². The van der Waals surface area contributed by atoms with Gasteiger partial charge in [-0.3, -0.25) is 9.36 Å². The standard InChI is InChI=1S/C11H18N4O3/c1-5-6-14-7(9(16)18-4)8(12)15(6)11(2,3)10(13)17/h5,12H2,1-4H3,(H2,13,17). The molecule has 18 heavy (non-hydrogen) atoms. The van der Waals surface area contributed by atoms with Gasteiger partial charge in [-0.1, -0.05) is 6.92 Å². The molecule has 0 unspecified atom stereocenters. The van der Waals surface area contributed by atoms with Crippen LogP contribution in [0.4, 0.5) is 5.82 Å². The van der Waals surface area contributed by atoms with Crippen LogP contribution in [-0.4, -0.2) is 28.5 Å². The molecule has 1 amide bonds. The van der Waals surface area contributed by atoms with Gasteiger partial charge in [-0.25, -0.2) is 9.78 Å². The predicted molar refractivity (Wildman–Crippen MR) is 65.9 cm³/mol. The van der Waals surface area contributed by atoms with Crippen LogP contribution in [0.5, 0.6) is 0 Å². The zero-order valence-corrected chi connectivity index (χ0v) is 11.0. The first kappa shape index (κ1) is 14.0. The molecule has 0 spiro atoms. The molecule has 0 aromatic carbocycles. The number of aryl methyl sites for hydroxylation is 1. The summed E-state index contributed by atoms with van der Waals surface area (Å²) in [6.45, 7) is 5.08. The first-order valence-corrected chi connectivity index (χ1v) is 5.53. The van der Waals surface area contributed by atoms with Gasteiger partial charge in [-0.05, 0) is 13.8 Å². The molecule has 1 rings (SSSR count). The molecule has 7 heteroatoms. The number of aromatic nitrogens is 2. The minimum Gasteiger partial charge on any atom is -0.464 e. The Kier molecular flexibility index (Phi) is 3.64. The molecule has 0 aliphatic heterocycles. The highest BCUT2D eigenvalue weighted by molar-refractivity contribution is 5.93. The Morgan fingerprint density at radius 2 is 2.00 bits per heavy atom. The van der Waals surface area contributed by atoms with Gasteiger partial charge in [-0.15, -0.1) is 0 Å². The van der Waals surface area contributed by atoms with Crippen molar-refractivity contribution in [1.82, 2.24) is 9.55 Å². The number of nitrogens with two attached hydrogens (primary N) is 2. The van der Waals surface area contributed by atoms with E-state index in [1.54, 1.807) is 13.8 Å². The zero-order valence-electron chi connectivity index (χ0n) is 11.0. The van der Waals surface area contributed by atoms with E-state index in [1.807, 2.05) is 6.92 Å². The van der Waals surface area contributed by atoms with Crippen LogP contribution in [0.15, 0.2) is 0 Å². The average molecular weight is 254 g/mol. The van der Waals surface area contributed by atoms with Gasteiger partial charge in [0.15, 0.2) is 5.69 Å². The van der Waals surface area contributed by atoms with Crippen LogP contribution >= 0.6 is 0 Å². The van der Waals surface area contributed by atoms with Crippen LogP contribution < -0.4 is 11.5 Å². The van der Waals surface area contributed by atoms with Crippen molar-refractivity contribution in [2.45, 2.75) is 32.7 Å². The molecule has 0 bridgehead atoms. The monoisotopic (exact) mass is 254 g/mol. The van der Waals surface area contributed by atoms with Crippen LogP contribution in [0, 0.1) is 0 Å². The largest absolute Gasteiger partial charge is 0.464 e. The first-order valence-electron chi connectivity index (χ1n) is 5.53. The number of carbonyl (C=O) groups is 2. The number of esters is 1. The van der Waals surface area contributed by atoms with E-state index in [0.29, 0.717) is 12.2 Å². The third-order valence-electron chi connectivity index (χ3n) is 2.84. The van der Waals surface area contributed by atoms with Gasteiger partial charge in [0, 0.05) is 6.42 Å². The van der Waals surface area contributed by atoms with Gasteiger partial charge in [0.2, 0.25) is 5.91 Å². The number of imidazole rings is 1. The highest BCUT2D eigenvalue weighted by Gasteiger charge is 2.34. The summed E-state index contributed by atoms with van der Waals surface area (Å²) < 4.78 is 6.07. The smallest absolute Gasteiger partial charge is 0.360 e. The molecule has 7 nitrogen and oxygen atoms in total. The number of anilines is 1. The van der Waals surface area contributed by atoms with Gasteiger partial charge in [0.25, 0.3) is 0 Å². The number of nitrogen functional groups attached to an aromatic ring is 1. The lowest BCUT2D eigenvalue weighted by Crippen LogP contribution is -2.42. The molecular weight excluding hydrogens is 236 g/mol. The highest BCUT2D eigenvalue weighted by atomic mass is 16.5. The second-order valence-corrected chi connectivity index (χ2v) is 4.37. The number of nitrogens with zero attached hydrogens (tertiary/aromatic N) is 2. The normalized spacial score (nSPS) is 11.3. The fourth-order valence-electron chi connectivity index (χ4n) is 1.70. The Bertz CT molecular complexity index is 491. The summed E-state index contributed by atoms with van der Waals surface area (Å²) in [5.74, 6) is -0.599. The molecule has 0 atom stereocenters. The molecule has 0 saturated heterocycles. The SMILES string of the molecule is CCc1nc(C(=O)OC)c(N)n1C(C)(C)C(N)=O. The van der Waals surface area contributed by atoms with Gasteiger partial charge < -0.3 is 16.2 Å². The Morgan fingerprint density at radius 3 is 2.39 bits per heavy atom. The van der Waals surface area contributed by atoms with Crippen LogP contribution in [-0.2, 0) is 21.5 Å². The maximum atomic E-state index is 11.5. The van der Waals surface area contributed by atoms with Crippen molar-refractivity contribution in [3.8, 4) is 0 Å². The van der Waals surface area contributed by atoms with E-state index >= 15 is 0 Å². The molecule has 0 aliphatic rings. The summed E-state index contributed by atoms with van der Waals surface area (Å²) in [6.07, 6.45) is 0.512. The predicted octanol–water partition coefficient (Wildman–Crippen LogP) is 0.0347. The van der Waals surface area contributed by atoms with Crippen LogP contribution in [0.25, 0.3) is 0 Å². The van der Waals surface area contributed by atoms with Gasteiger partial charge in [0.05, 0.1) is 7.11 Å². The Hall–Kier alpha value is -2.05. The highest BCUT2D eigenvalue weighted by Crippen LogP contribution is 2.25. The molecule has 0 fully saturated rings. The lowest BCUT2D eigenvalue weighted by atomic mass is 10.0. The Morgan fingerprint density at radius 1 is 1.44 bits per heavy atom. The van der Waals surface area contributed by atoms with E-state index in [2.05, 4.69) is 9.72 Å². The van der Waals surface area contributed by atoms with Crippen LogP contribution in [0.3, 0.4) is 0 Å².